The van der Waals surface area contributed by atoms with Crippen LogP contribution in [0.3, 0.4) is 0 Å². The van der Waals surface area contributed by atoms with Gasteiger partial charge in [0.25, 0.3) is 5.91 Å². The molecule has 0 saturated carbocycles. The molecule has 2 aromatic heterocycles. The van der Waals surface area contributed by atoms with Crippen LogP contribution in [0.25, 0.3) is 11.1 Å². The van der Waals surface area contributed by atoms with E-state index in [9.17, 15) is 10.1 Å². The van der Waals surface area contributed by atoms with Gasteiger partial charge in [0.1, 0.15) is 17.5 Å². The number of anilines is 1. The van der Waals surface area contributed by atoms with E-state index in [4.69, 9.17) is 27.7 Å². The minimum atomic E-state index is -0.475. The first-order valence-corrected chi connectivity index (χ1v) is 8.26. The zero-order valence-corrected chi connectivity index (χ0v) is 15.3. The van der Waals surface area contributed by atoms with Gasteiger partial charge in [0.15, 0.2) is 5.82 Å². The Balaban J connectivity index is 2.07. The quantitative estimate of drug-likeness (QED) is 0.698. The number of benzene rings is 1. The fourth-order valence-electron chi connectivity index (χ4n) is 2.46. The molecule has 0 aliphatic carbocycles. The van der Waals surface area contributed by atoms with Gasteiger partial charge >= 0.3 is 0 Å². The highest BCUT2D eigenvalue weighted by atomic mass is 35.5. The molecular weight excluding hydrogens is 375 g/mol. The molecule has 8 heteroatoms. The molecule has 130 valence electrons. The number of pyridine rings is 1. The standard InChI is InChI=1S/C18H12Cl2N4O2/c1-9-5-17(24-26-9)23-18(25)16-7-13(14(8-21)10(2)22-16)12-4-3-11(19)6-15(12)20/h3-7H,1-2H3,(H,23,24,25). The van der Waals surface area contributed by atoms with Crippen molar-refractivity contribution in [1.82, 2.24) is 10.1 Å². The Morgan fingerprint density at radius 1 is 1.19 bits per heavy atom. The summed E-state index contributed by atoms with van der Waals surface area (Å²) in [6.07, 6.45) is 0. The topological polar surface area (TPSA) is 91.8 Å². The summed E-state index contributed by atoms with van der Waals surface area (Å²) in [7, 11) is 0. The minimum absolute atomic E-state index is 0.128. The molecule has 0 atom stereocenters. The SMILES string of the molecule is Cc1cc(NC(=O)c2cc(-c3ccc(Cl)cc3Cl)c(C#N)c(C)n2)no1. The molecule has 0 unspecified atom stereocenters. The second-order valence-corrected chi connectivity index (χ2v) is 6.37. The van der Waals surface area contributed by atoms with E-state index >= 15 is 0 Å². The normalized spacial score (nSPS) is 10.4. The van der Waals surface area contributed by atoms with Gasteiger partial charge in [0.05, 0.1) is 11.3 Å². The molecule has 0 saturated heterocycles. The van der Waals surface area contributed by atoms with Crippen LogP contribution in [0.5, 0.6) is 0 Å². The van der Waals surface area contributed by atoms with Gasteiger partial charge in [-0.3, -0.25) is 4.79 Å². The first-order valence-electron chi connectivity index (χ1n) is 7.51. The van der Waals surface area contributed by atoms with Crippen molar-refractivity contribution >= 4 is 34.9 Å². The summed E-state index contributed by atoms with van der Waals surface area (Å²) >= 11 is 12.2. The van der Waals surface area contributed by atoms with Gasteiger partial charge in [-0.05, 0) is 32.0 Å². The number of halogens is 2. The van der Waals surface area contributed by atoms with Crippen LogP contribution in [0, 0.1) is 25.2 Å². The van der Waals surface area contributed by atoms with E-state index in [1.54, 1.807) is 38.1 Å². The molecule has 0 bridgehead atoms. The maximum Gasteiger partial charge on any atom is 0.275 e. The fourth-order valence-corrected chi connectivity index (χ4v) is 2.97. The highest BCUT2D eigenvalue weighted by Gasteiger charge is 2.18. The number of carbonyl (C=O) groups is 1. The molecular formula is C18H12Cl2N4O2. The molecule has 0 aliphatic heterocycles. The Hall–Kier alpha value is -2.88. The number of nitriles is 1. The second-order valence-electron chi connectivity index (χ2n) is 5.53. The largest absolute Gasteiger partial charge is 0.360 e. The third-order valence-corrected chi connectivity index (χ3v) is 4.18. The highest BCUT2D eigenvalue weighted by Crippen LogP contribution is 2.33. The second kappa shape index (κ2) is 7.16. The molecule has 3 rings (SSSR count). The van der Waals surface area contributed by atoms with E-state index in [0.29, 0.717) is 38.2 Å². The maximum absolute atomic E-state index is 12.5. The predicted octanol–water partition coefficient (Wildman–Crippen LogP) is 4.78. The lowest BCUT2D eigenvalue weighted by molar-refractivity contribution is 0.102. The zero-order chi connectivity index (χ0) is 18.8. The van der Waals surface area contributed by atoms with E-state index in [1.165, 1.54) is 6.07 Å². The molecule has 1 aromatic carbocycles. The van der Waals surface area contributed by atoms with Crippen molar-refractivity contribution in [2.24, 2.45) is 0 Å². The van der Waals surface area contributed by atoms with E-state index in [0.717, 1.165) is 0 Å². The first-order chi connectivity index (χ1) is 12.4. The molecule has 0 spiro atoms. The summed E-state index contributed by atoms with van der Waals surface area (Å²) in [5.74, 6) is 0.373. The number of nitrogens with zero attached hydrogens (tertiary/aromatic N) is 3. The van der Waals surface area contributed by atoms with Gasteiger partial charge in [-0.15, -0.1) is 0 Å². The summed E-state index contributed by atoms with van der Waals surface area (Å²) in [4.78, 5) is 16.7. The highest BCUT2D eigenvalue weighted by molar-refractivity contribution is 6.36. The number of hydrogen-bond donors (Lipinski definition) is 1. The lowest BCUT2D eigenvalue weighted by atomic mass is 9.98. The van der Waals surface area contributed by atoms with Crippen LogP contribution in [-0.2, 0) is 0 Å². The zero-order valence-electron chi connectivity index (χ0n) is 13.8. The summed E-state index contributed by atoms with van der Waals surface area (Å²) in [6.45, 7) is 3.37. The van der Waals surface area contributed by atoms with Crippen LogP contribution in [-0.4, -0.2) is 16.0 Å². The molecule has 26 heavy (non-hydrogen) atoms. The molecule has 1 N–H and O–H groups in total. The Labute approximate surface area is 159 Å². The molecule has 3 aromatic rings. The number of aryl methyl sites for hydroxylation is 2. The van der Waals surface area contributed by atoms with Crippen LogP contribution in [0.2, 0.25) is 10.0 Å². The summed E-state index contributed by atoms with van der Waals surface area (Å²) in [5.41, 5.74) is 1.97. The predicted molar refractivity (Wildman–Crippen MR) is 98.3 cm³/mol. The third-order valence-electron chi connectivity index (χ3n) is 3.64. The Kier molecular flexibility index (Phi) is 4.94. The van der Waals surface area contributed by atoms with E-state index in [2.05, 4.69) is 21.5 Å². The number of hydrogen-bond acceptors (Lipinski definition) is 5. The Morgan fingerprint density at radius 2 is 1.96 bits per heavy atom. The molecule has 0 fully saturated rings. The molecule has 6 nitrogen and oxygen atoms in total. The van der Waals surface area contributed by atoms with Crippen LogP contribution in [0.1, 0.15) is 27.5 Å². The van der Waals surface area contributed by atoms with Gasteiger partial charge in [-0.1, -0.05) is 34.4 Å². The van der Waals surface area contributed by atoms with Crippen LogP contribution >= 0.6 is 23.2 Å². The molecule has 1 amide bonds. The fraction of sp³-hybridized carbons (Fsp3) is 0.111. The molecule has 0 radical (unpaired) electrons. The summed E-state index contributed by atoms with van der Waals surface area (Å²) < 4.78 is 4.92. The first kappa shape index (κ1) is 17.9. The number of amides is 1. The molecule has 2 heterocycles. The van der Waals surface area contributed by atoms with Crippen molar-refractivity contribution in [2.45, 2.75) is 13.8 Å². The lowest BCUT2D eigenvalue weighted by Crippen LogP contribution is -2.15. The van der Waals surface area contributed by atoms with Gasteiger partial charge in [0.2, 0.25) is 0 Å². The smallest absolute Gasteiger partial charge is 0.275 e. The number of aromatic nitrogens is 2. The maximum atomic E-state index is 12.5. The van der Waals surface area contributed by atoms with E-state index in [1.807, 2.05) is 0 Å². The Morgan fingerprint density at radius 3 is 2.58 bits per heavy atom. The summed E-state index contributed by atoms with van der Waals surface area (Å²) in [5, 5.41) is 16.7. The number of carbonyl (C=O) groups excluding carboxylic acids is 1. The lowest BCUT2D eigenvalue weighted by Gasteiger charge is -2.11. The van der Waals surface area contributed by atoms with Crippen molar-refractivity contribution in [3.63, 3.8) is 0 Å². The monoisotopic (exact) mass is 386 g/mol. The number of nitrogens with one attached hydrogen (secondary N) is 1. The average Bonchev–Trinajstić information content (AvgIpc) is 2.99. The van der Waals surface area contributed by atoms with Gasteiger partial charge in [0, 0.05) is 27.2 Å². The minimum Gasteiger partial charge on any atom is -0.360 e. The van der Waals surface area contributed by atoms with Gasteiger partial charge in [-0.25, -0.2) is 4.98 Å². The van der Waals surface area contributed by atoms with Crippen LogP contribution < -0.4 is 5.32 Å². The Bertz CT molecular complexity index is 1050. The van der Waals surface area contributed by atoms with Crippen molar-refractivity contribution in [3.8, 4) is 17.2 Å². The molecule has 0 aliphatic rings. The van der Waals surface area contributed by atoms with Crippen molar-refractivity contribution in [2.75, 3.05) is 5.32 Å². The van der Waals surface area contributed by atoms with Crippen molar-refractivity contribution in [3.05, 3.63) is 63.1 Å². The van der Waals surface area contributed by atoms with Crippen LogP contribution in [0.15, 0.2) is 34.9 Å². The van der Waals surface area contributed by atoms with Gasteiger partial charge in [-0.2, -0.15) is 5.26 Å². The van der Waals surface area contributed by atoms with Crippen molar-refractivity contribution in [1.29, 1.82) is 5.26 Å². The van der Waals surface area contributed by atoms with Crippen LogP contribution in [0.4, 0.5) is 5.82 Å². The van der Waals surface area contributed by atoms with E-state index < -0.39 is 5.91 Å². The van der Waals surface area contributed by atoms with E-state index in [-0.39, 0.29) is 11.5 Å². The van der Waals surface area contributed by atoms with Crippen molar-refractivity contribution < 1.29 is 9.32 Å². The third kappa shape index (κ3) is 3.54. The van der Waals surface area contributed by atoms with Gasteiger partial charge < -0.3 is 9.84 Å². The summed E-state index contributed by atoms with van der Waals surface area (Å²) in [6, 6.07) is 10.2. The average molecular weight is 387 g/mol. The number of rotatable bonds is 3.